The highest BCUT2D eigenvalue weighted by atomic mass is 16.5. The van der Waals surface area contributed by atoms with Gasteiger partial charge in [0.1, 0.15) is 5.75 Å². The van der Waals surface area contributed by atoms with Gasteiger partial charge in [0, 0.05) is 32.7 Å². The zero-order chi connectivity index (χ0) is 14.4. The van der Waals surface area contributed by atoms with E-state index in [9.17, 15) is 0 Å². The third-order valence-corrected chi connectivity index (χ3v) is 3.52. The quantitative estimate of drug-likeness (QED) is 0.356. The van der Waals surface area contributed by atoms with Crippen molar-refractivity contribution in [3.8, 4) is 5.75 Å². The molecule has 1 saturated heterocycles. The fraction of sp³-hybridized carbons (Fsp3) is 0.500. The van der Waals surface area contributed by atoms with Crippen molar-refractivity contribution >= 4 is 5.84 Å². The van der Waals surface area contributed by atoms with Crippen molar-refractivity contribution in [2.24, 2.45) is 10.9 Å². The largest absolute Gasteiger partial charge is 0.497 e. The standard InChI is InChI=1S/C14H22N4O2/c1-20-13-4-2-3-12(9-13)10-17-5-7-18(8-6-17)11-14(15)16-19/h2-4,9,19H,5-8,10-11H2,1H3,(H2,15,16). The fourth-order valence-corrected chi connectivity index (χ4v) is 2.40. The molecule has 0 atom stereocenters. The molecule has 1 fully saturated rings. The van der Waals surface area contributed by atoms with Crippen LogP contribution in [0.25, 0.3) is 0 Å². The van der Waals surface area contributed by atoms with Gasteiger partial charge in [-0.05, 0) is 17.7 Å². The molecule has 0 spiro atoms. The molecule has 1 aliphatic rings. The molecule has 0 radical (unpaired) electrons. The molecule has 1 heterocycles. The summed E-state index contributed by atoms with van der Waals surface area (Å²) < 4.78 is 5.24. The third kappa shape index (κ3) is 4.11. The SMILES string of the molecule is COc1cccc(CN2CCN(CC(N)=NO)CC2)c1. The van der Waals surface area contributed by atoms with E-state index in [1.54, 1.807) is 7.11 Å². The number of hydrogen-bond acceptors (Lipinski definition) is 5. The van der Waals surface area contributed by atoms with Crippen LogP contribution < -0.4 is 10.5 Å². The monoisotopic (exact) mass is 278 g/mol. The molecule has 0 aliphatic carbocycles. The van der Waals surface area contributed by atoms with Crippen molar-refractivity contribution in [3.05, 3.63) is 29.8 Å². The number of rotatable bonds is 5. The molecule has 1 aromatic rings. The number of nitrogens with zero attached hydrogens (tertiary/aromatic N) is 3. The molecular formula is C14H22N4O2. The van der Waals surface area contributed by atoms with Crippen LogP contribution in [0.4, 0.5) is 0 Å². The van der Waals surface area contributed by atoms with Gasteiger partial charge in [0.25, 0.3) is 0 Å². The lowest BCUT2D eigenvalue weighted by molar-refractivity contribution is 0.139. The highest BCUT2D eigenvalue weighted by Gasteiger charge is 2.17. The molecule has 20 heavy (non-hydrogen) atoms. The van der Waals surface area contributed by atoms with Crippen LogP contribution >= 0.6 is 0 Å². The Balaban J connectivity index is 1.82. The van der Waals surface area contributed by atoms with Gasteiger partial charge in [-0.2, -0.15) is 0 Å². The Labute approximate surface area is 119 Å². The first-order valence-corrected chi connectivity index (χ1v) is 6.75. The van der Waals surface area contributed by atoms with Gasteiger partial charge in [-0.1, -0.05) is 17.3 Å². The third-order valence-electron chi connectivity index (χ3n) is 3.52. The van der Waals surface area contributed by atoms with Gasteiger partial charge in [-0.15, -0.1) is 0 Å². The summed E-state index contributed by atoms with van der Waals surface area (Å²) in [6.07, 6.45) is 0. The first kappa shape index (κ1) is 14.6. The molecule has 6 nitrogen and oxygen atoms in total. The van der Waals surface area contributed by atoms with Crippen LogP contribution in [0.1, 0.15) is 5.56 Å². The van der Waals surface area contributed by atoms with Crippen molar-refractivity contribution in [1.29, 1.82) is 0 Å². The van der Waals surface area contributed by atoms with Crippen LogP contribution in [0.15, 0.2) is 29.4 Å². The summed E-state index contributed by atoms with van der Waals surface area (Å²) in [5.41, 5.74) is 6.78. The molecule has 1 aliphatic heterocycles. The Kier molecular flexibility index (Phi) is 5.20. The van der Waals surface area contributed by atoms with Crippen molar-refractivity contribution in [3.63, 3.8) is 0 Å². The van der Waals surface area contributed by atoms with E-state index in [2.05, 4.69) is 27.1 Å². The molecule has 0 unspecified atom stereocenters. The minimum Gasteiger partial charge on any atom is -0.497 e. The highest BCUT2D eigenvalue weighted by molar-refractivity contribution is 5.81. The maximum atomic E-state index is 8.58. The predicted octanol–water partition coefficient (Wildman–Crippen LogP) is 0.559. The van der Waals surface area contributed by atoms with Gasteiger partial charge >= 0.3 is 0 Å². The lowest BCUT2D eigenvalue weighted by Gasteiger charge is -2.34. The van der Waals surface area contributed by atoms with Crippen LogP contribution in [0, 0.1) is 0 Å². The van der Waals surface area contributed by atoms with E-state index in [0.29, 0.717) is 6.54 Å². The molecule has 2 rings (SSSR count). The highest BCUT2D eigenvalue weighted by Crippen LogP contribution is 2.15. The average molecular weight is 278 g/mol. The van der Waals surface area contributed by atoms with Crippen LogP contribution in [0.5, 0.6) is 5.75 Å². The van der Waals surface area contributed by atoms with Crippen molar-refractivity contribution in [1.82, 2.24) is 9.80 Å². The summed E-state index contributed by atoms with van der Waals surface area (Å²) in [7, 11) is 1.69. The Morgan fingerprint density at radius 1 is 1.30 bits per heavy atom. The van der Waals surface area contributed by atoms with Gasteiger partial charge < -0.3 is 15.7 Å². The predicted molar refractivity (Wildman–Crippen MR) is 78.1 cm³/mol. The van der Waals surface area contributed by atoms with E-state index in [-0.39, 0.29) is 5.84 Å². The Hall–Kier alpha value is -1.79. The van der Waals surface area contributed by atoms with E-state index in [0.717, 1.165) is 38.5 Å². The Morgan fingerprint density at radius 2 is 2.00 bits per heavy atom. The molecule has 110 valence electrons. The smallest absolute Gasteiger partial charge is 0.153 e. The second-order valence-electron chi connectivity index (χ2n) is 5.00. The van der Waals surface area contributed by atoms with E-state index in [4.69, 9.17) is 15.7 Å². The summed E-state index contributed by atoms with van der Waals surface area (Å²) in [6.45, 7) is 5.28. The molecule has 6 heteroatoms. The second kappa shape index (κ2) is 7.12. The van der Waals surface area contributed by atoms with Crippen LogP contribution in [-0.4, -0.2) is 60.7 Å². The van der Waals surface area contributed by atoms with Gasteiger partial charge in [-0.25, -0.2) is 0 Å². The molecule has 3 N–H and O–H groups in total. The van der Waals surface area contributed by atoms with E-state index in [1.807, 2.05) is 12.1 Å². The van der Waals surface area contributed by atoms with E-state index < -0.39 is 0 Å². The van der Waals surface area contributed by atoms with Crippen LogP contribution in [0.2, 0.25) is 0 Å². The molecule has 0 saturated carbocycles. The normalized spacial score (nSPS) is 18.1. The molecule has 0 bridgehead atoms. The minimum atomic E-state index is 0.270. The van der Waals surface area contributed by atoms with Crippen molar-refractivity contribution in [2.75, 3.05) is 39.8 Å². The number of amidine groups is 1. The lowest BCUT2D eigenvalue weighted by Crippen LogP contribution is -2.48. The fourth-order valence-electron chi connectivity index (χ4n) is 2.40. The zero-order valence-corrected chi connectivity index (χ0v) is 11.8. The number of ether oxygens (including phenoxy) is 1. The maximum absolute atomic E-state index is 8.58. The number of benzene rings is 1. The Bertz CT molecular complexity index is 456. The zero-order valence-electron chi connectivity index (χ0n) is 11.8. The van der Waals surface area contributed by atoms with Crippen molar-refractivity contribution < 1.29 is 9.94 Å². The van der Waals surface area contributed by atoms with Crippen LogP contribution in [0.3, 0.4) is 0 Å². The number of methoxy groups -OCH3 is 1. The summed E-state index contributed by atoms with van der Waals surface area (Å²) in [4.78, 5) is 4.59. The molecule has 1 aromatic carbocycles. The van der Waals surface area contributed by atoms with E-state index in [1.165, 1.54) is 5.56 Å². The number of nitrogens with two attached hydrogens (primary N) is 1. The van der Waals surface area contributed by atoms with Crippen LogP contribution in [-0.2, 0) is 6.54 Å². The molecular weight excluding hydrogens is 256 g/mol. The van der Waals surface area contributed by atoms with Gasteiger partial charge in [0.05, 0.1) is 13.7 Å². The summed E-state index contributed by atoms with van der Waals surface area (Å²) >= 11 is 0. The Morgan fingerprint density at radius 3 is 2.65 bits per heavy atom. The van der Waals surface area contributed by atoms with Gasteiger partial charge in [0.15, 0.2) is 5.84 Å². The first-order valence-electron chi connectivity index (χ1n) is 6.75. The first-order chi connectivity index (χ1) is 9.71. The average Bonchev–Trinajstić information content (AvgIpc) is 2.49. The van der Waals surface area contributed by atoms with Gasteiger partial charge in [0.2, 0.25) is 0 Å². The second-order valence-corrected chi connectivity index (χ2v) is 5.00. The topological polar surface area (TPSA) is 74.3 Å². The molecule has 0 amide bonds. The number of hydrogen-bond donors (Lipinski definition) is 2. The summed E-state index contributed by atoms with van der Waals surface area (Å²) in [6, 6.07) is 8.16. The maximum Gasteiger partial charge on any atom is 0.153 e. The van der Waals surface area contributed by atoms with E-state index >= 15 is 0 Å². The minimum absolute atomic E-state index is 0.270. The number of oxime groups is 1. The number of piperazine rings is 1. The lowest BCUT2D eigenvalue weighted by atomic mass is 10.2. The summed E-state index contributed by atoms with van der Waals surface area (Å²) in [5.74, 6) is 1.17. The molecule has 0 aromatic heterocycles. The van der Waals surface area contributed by atoms with Crippen molar-refractivity contribution in [2.45, 2.75) is 6.54 Å². The van der Waals surface area contributed by atoms with Gasteiger partial charge in [-0.3, -0.25) is 9.80 Å². The summed E-state index contributed by atoms with van der Waals surface area (Å²) in [5, 5.41) is 11.6.